The van der Waals surface area contributed by atoms with Gasteiger partial charge >= 0.3 is 8.25 Å². The highest BCUT2D eigenvalue weighted by Crippen LogP contribution is 2.18. The van der Waals surface area contributed by atoms with Crippen molar-refractivity contribution in [1.82, 2.24) is 0 Å². The molecule has 6 nitrogen and oxygen atoms in total. The van der Waals surface area contributed by atoms with E-state index in [0.29, 0.717) is 6.42 Å². The van der Waals surface area contributed by atoms with Gasteiger partial charge in [-0.25, -0.2) is 0 Å². The first-order valence-corrected chi connectivity index (χ1v) is 4.82. The van der Waals surface area contributed by atoms with Crippen LogP contribution in [0, 0.1) is 5.41 Å². The predicted octanol–water partition coefficient (Wildman–Crippen LogP) is -1.01. The maximum absolute atomic E-state index is 8.70. The molecule has 0 aliphatic rings. The molecule has 0 aromatic rings. The standard InChI is InChI=1S/C6H14O3.HO3P/c1-2-6(3-7,4-8)5-9;1-4(2)3/h7-9H,2-5H2,1H3;(H-,1,2,3)/p+1. The Morgan fingerprint density at radius 1 is 1.08 bits per heavy atom. The van der Waals surface area contributed by atoms with Crippen LogP contribution in [0.25, 0.3) is 0 Å². The van der Waals surface area contributed by atoms with Crippen molar-refractivity contribution < 1.29 is 29.7 Å². The molecule has 0 aromatic heterocycles. The van der Waals surface area contributed by atoms with Crippen molar-refractivity contribution in [3.05, 3.63) is 0 Å². The third-order valence-corrected chi connectivity index (χ3v) is 1.76. The van der Waals surface area contributed by atoms with Crippen LogP contribution in [0.4, 0.5) is 0 Å². The van der Waals surface area contributed by atoms with E-state index in [1.807, 2.05) is 6.92 Å². The van der Waals surface area contributed by atoms with Gasteiger partial charge in [-0.2, -0.15) is 0 Å². The summed E-state index contributed by atoms with van der Waals surface area (Å²) in [7, 11) is -2.87. The number of hydrogen-bond donors (Lipinski definition) is 5. The van der Waals surface area contributed by atoms with Gasteiger partial charge in [-0.1, -0.05) is 6.92 Å². The minimum Gasteiger partial charge on any atom is -0.396 e. The van der Waals surface area contributed by atoms with Crippen molar-refractivity contribution in [1.29, 1.82) is 0 Å². The van der Waals surface area contributed by atoms with E-state index in [9.17, 15) is 0 Å². The van der Waals surface area contributed by atoms with Gasteiger partial charge in [0.1, 0.15) is 0 Å². The Labute approximate surface area is 77.4 Å². The molecule has 0 heterocycles. The Kier molecular flexibility index (Phi) is 10.0. The predicted molar refractivity (Wildman–Crippen MR) is 46.0 cm³/mol. The molecule has 0 fully saturated rings. The van der Waals surface area contributed by atoms with Gasteiger partial charge in [0.2, 0.25) is 0 Å². The Hall–Kier alpha value is -0.100. The molecule has 0 aromatic carbocycles. The van der Waals surface area contributed by atoms with E-state index >= 15 is 0 Å². The van der Waals surface area contributed by atoms with E-state index in [4.69, 9.17) is 29.7 Å². The average molecular weight is 215 g/mol. The quantitative estimate of drug-likeness (QED) is 0.383. The molecule has 0 saturated carbocycles. The molecule has 0 spiro atoms. The van der Waals surface area contributed by atoms with Crippen molar-refractivity contribution in [3.63, 3.8) is 0 Å². The highest BCUT2D eigenvalue weighted by Gasteiger charge is 2.24. The first-order chi connectivity index (χ1) is 5.97. The van der Waals surface area contributed by atoms with Crippen LogP contribution < -0.4 is 0 Å². The largest absolute Gasteiger partial charge is 0.692 e. The fraction of sp³-hybridized carbons (Fsp3) is 1.00. The fourth-order valence-electron chi connectivity index (χ4n) is 0.485. The number of rotatable bonds is 4. The lowest BCUT2D eigenvalue weighted by Crippen LogP contribution is -2.32. The first kappa shape index (κ1) is 15.4. The highest BCUT2D eigenvalue weighted by atomic mass is 31.1. The van der Waals surface area contributed by atoms with Gasteiger partial charge in [0.25, 0.3) is 0 Å². The SMILES string of the molecule is CCC(CO)(CO)CO.O=[P+](O)O. The summed E-state index contributed by atoms with van der Waals surface area (Å²) in [5.41, 5.74) is -0.667. The van der Waals surface area contributed by atoms with E-state index in [-0.39, 0.29) is 19.8 Å². The molecule has 0 rings (SSSR count). The van der Waals surface area contributed by atoms with Gasteiger partial charge in [0, 0.05) is 9.98 Å². The third-order valence-electron chi connectivity index (χ3n) is 1.76. The third kappa shape index (κ3) is 8.24. The lowest BCUT2D eigenvalue weighted by atomic mass is 9.88. The normalized spacial score (nSPS) is 10.3. The molecular weight excluding hydrogens is 199 g/mol. The molecule has 0 saturated heterocycles. The van der Waals surface area contributed by atoms with Crippen molar-refractivity contribution in [2.24, 2.45) is 5.41 Å². The van der Waals surface area contributed by atoms with E-state index in [2.05, 4.69) is 0 Å². The van der Waals surface area contributed by atoms with Crippen molar-refractivity contribution in [3.8, 4) is 0 Å². The zero-order chi connectivity index (χ0) is 10.9. The maximum atomic E-state index is 8.70. The summed E-state index contributed by atoms with van der Waals surface area (Å²) >= 11 is 0. The van der Waals surface area contributed by atoms with Crippen LogP contribution in [0.5, 0.6) is 0 Å². The number of aliphatic hydroxyl groups is 3. The lowest BCUT2D eigenvalue weighted by molar-refractivity contribution is 0.00304. The monoisotopic (exact) mass is 215 g/mol. The first-order valence-electron chi connectivity index (χ1n) is 3.65. The second-order valence-electron chi connectivity index (χ2n) is 2.58. The van der Waals surface area contributed by atoms with Crippen LogP contribution in [0.2, 0.25) is 0 Å². The fourth-order valence-corrected chi connectivity index (χ4v) is 0.485. The minimum absolute atomic E-state index is 0.156. The smallest absolute Gasteiger partial charge is 0.396 e. The molecule has 0 atom stereocenters. The summed E-state index contributed by atoms with van der Waals surface area (Å²) in [6.45, 7) is 1.35. The number of aliphatic hydroxyl groups excluding tert-OH is 3. The van der Waals surface area contributed by atoms with Crippen LogP contribution in [0.1, 0.15) is 13.3 Å². The topological polar surface area (TPSA) is 118 Å². The molecule has 80 valence electrons. The second kappa shape index (κ2) is 8.50. The van der Waals surface area contributed by atoms with Gasteiger partial charge in [-0.15, -0.1) is 9.79 Å². The summed E-state index contributed by atoms with van der Waals surface area (Å²) in [5, 5.41) is 26.0. The zero-order valence-corrected chi connectivity index (χ0v) is 8.31. The summed E-state index contributed by atoms with van der Waals surface area (Å²) < 4.78 is 8.70. The highest BCUT2D eigenvalue weighted by molar-refractivity contribution is 7.30. The lowest BCUT2D eigenvalue weighted by Gasteiger charge is -2.24. The van der Waals surface area contributed by atoms with E-state index in [0.717, 1.165) is 0 Å². The van der Waals surface area contributed by atoms with Gasteiger partial charge < -0.3 is 15.3 Å². The molecule has 0 aliphatic heterocycles. The van der Waals surface area contributed by atoms with Gasteiger partial charge in [0.05, 0.1) is 19.8 Å². The van der Waals surface area contributed by atoms with Crippen LogP contribution in [-0.4, -0.2) is 44.9 Å². The molecule has 7 heteroatoms. The average Bonchev–Trinajstić information content (AvgIpc) is 2.09. The molecule has 0 aliphatic carbocycles. The number of hydrogen-bond acceptors (Lipinski definition) is 4. The minimum atomic E-state index is -2.87. The Balaban J connectivity index is 0. The Bertz CT molecular complexity index is 114. The van der Waals surface area contributed by atoms with Crippen LogP contribution in [0.15, 0.2) is 0 Å². The summed E-state index contributed by atoms with van der Waals surface area (Å²) in [6.07, 6.45) is 0.594. The summed E-state index contributed by atoms with van der Waals surface area (Å²) in [4.78, 5) is 14.2. The molecule has 0 bridgehead atoms. The molecule has 0 radical (unpaired) electrons. The summed E-state index contributed by atoms with van der Waals surface area (Å²) in [6, 6.07) is 0. The van der Waals surface area contributed by atoms with Crippen molar-refractivity contribution in [2.75, 3.05) is 19.8 Å². The second-order valence-corrected chi connectivity index (χ2v) is 3.09. The molecule has 0 unspecified atom stereocenters. The Morgan fingerprint density at radius 3 is 1.31 bits per heavy atom. The summed E-state index contributed by atoms with van der Waals surface area (Å²) in [5.74, 6) is 0. The zero-order valence-electron chi connectivity index (χ0n) is 7.42. The van der Waals surface area contributed by atoms with Gasteiger partial charge in [-0.05, 0) is 6.42 Å². The van der Waals surface area contributed by atoms with E-state index < -0.39 is 13.7 Å². The molecule has 13 heavy (non-hydrogen) atoms. The Morgan fingerprint density at radius 2 is 1.31 bits per heavy atom. The van der Waals surface area contributed by atoms with Crippen LogP contribution >= 0.6 is 8.25 Å². The molecule has 5 N–H and O–H groups in total. The van der Waals surface area contributed by atoms with Crippen LogP contribution in [0.3, 0.4) is 0 Å². The van der Waals surface area contributed by atoms with Crippen LogP contribution in [-0.2, 0) is 4.57 Å². The van der Waals surface area contributed by atoms with Gasteiger partial charge in [0.15, 0.2) is 0 Å². The van der Waals surface area contributed by atoms with Gasteiger partial charge in [-0.3, -0.25) is 0 Å². The van der Waals surface area contributed by atoms with E-state index in [1.54, 1.807) is 0 Å². The van der Waals surface area contributed by atoms with Crippen molar-refractivity contribution in [2.45, 2.75) is 13.3 Å². The molecular formula is C6H16O6P+. The van der Waals surface area contributed by atoms with E-state index in [1.165, 1.54) is 0 Å². The van der Waals surface area contributed by atoms with Crippen molar-refractivity contribution >= 4 is 8.25 Å². The maximum Gasteiger partial charge on any atom is 0.692 e. The molecule has 0 amide bonds.